The monoisotopic (exact) mass is 106 g/mol. The molecule has 0 aliphatic rings. The van der Waals surface area contributed by atoms with Crippen molar-refractivity contribution < 1.29 is 5.48 Å². The van der Waals surface area contributed by atoms with Gasteiger partial charge in [-0.15, -0.1) is 17.5 Å². The third kappa shape index (κ3) is 9.18. The van der Waals surface area contributed by atoms with E-state index in [9.17, 15) is 0 Å². The van der Waals surface area contributed by atoms with Crippen LogP contribution in [0, 0.1) is 11.8 Å². The van der Waals surface area contributed by atoms with Gasteiger partial charge in [0, 0.05) is 0 Å². The van der Waals surface area contributed by atoms with E-state index in [2.05, 4.69) is 11.8 Å². The van der Waals surface area contributed by atoms with Gasteiger partial charge in [0.15, 0.2) is 0 Å². The summed E-state index contributed by atoms with van der Waals surface area (Å²) < 4.78 is 0. The first-order valence-electron chi connectivity index (χ1n) is 1.37. The van der Waals surface area contributed by atoms with Crippen LogP contribution in [0.3, 0.4) is 0 Å². The zero-order chi connectivity index (χ0) is 4.12. The molecular formula is C4H7ClO. The predicted molar refractivity (Wildman–Crippen MR) is 27.8 cm³/mol. The molecule has 0 spiro atoms. The van der Waals surface area contributed by atoms with Crippen LogP contribution in [0.1, 0.15) is 6.92 Å². The molecule has 1 nitrogen and oxygen atoms in total. The summed E-state index contributed by atoms with van der Waals surface area (Å²) in [7, 11) is 0. The molecule has 0 radical (unpaired) electrons. The topological polar surface area (TPSA) is 31.5 Å². The Morgan fingerprint density at radius 3 is 2.17 bits per heavy atom. The number of rotatable bonds is 0. The summed E-state index contributed by atoms with van der Waals surface area (Å²) in [6.45, 7) is 1.77. The average molecular weight is 107 g/mol. The van der Waals surface area contributed by atoms with Crippen molar-refractivity contribution in [2.45, 2.75) is 6.92 Å². The zero-order valence-electron chi connectivity index (χ0n) is 3.59. The summed E-state index contributed by atoms with van der Waals surface area (Å²) in [5, 5.41) is 0. The fraction of sp³-hybridized carbons (Fsp3) is 0.500. The van der Waals surface area contributed by atoms with Crippen LogP contribution in [0.15, 0.2) is 0 Å². The van der Waals surface area contributed by atoms with Crippen LogP contribution in [0.2, 0.25) is 0 Å². The second-order valence-electron chi connectivity index (χ2n) is 0.560. The van der Waals surface area contributed by atoms with Crippen molar-refractivity contribution in [2.24, 2.45) is 0 Å². The number of alkyl halides is 1. The van der Waals surface area contributed by atoms with Crippen molar-refractivity contribution in [1.29, 1.82) is 0 Å². The number of hydrogen-bond donors (Lipinski definition) is 0. The SMILES string of the molecule is CC#CCCl.O. The van der Waals surface area contributed by atoms with E-state index < -0.39 is 0 Å². The van der Waals surface area contributed by atoms with Gasteiger partial charge in [0.05, 0.1) is 5.88 Å². The molecule has 2 N–H and O–H groups in total. The third-order valence-corrected chi connectivity index (χ3v) is 0.377. The summed E-state index contributed by atoms with van der Waals surface area (Å²) in [4.78, 5) is 0. The van der Waals surface area contributed by atoms with Gasteiger partial charge in [0.2, 0.25) is 0 Å². The molecule has 0 fully saturated rings. The van der Waals surface area contributed by atoms with E-state index in [0.29, 0.717) is 5.88 Å². The average Bonchev–Trinajstić information content (AvgIpc) is 1.41. The normalized spacial score (nSPS) is 4.33. The lowest BCUT2D eigenvalue weighted by Gasteiger charge is -1.56. The maximum Gasteiger partial charge on any atom is 0.0835 e. The van der Waals surface area contributed by atoms with Crippen molar-refractivity contribution in [2.75, 3.05) is 5.88 Å². The molecule has 0 rings (SSSR count). The Hall–Kier alpha value is -0.190. The molecule has 0 amide bonds. The fourth-order valence-electron chi connectivity index (χ4n) is 0.0668. The lowest BCUT2D eigenvalue weighted by molar-refractivity contribution is 0.824. The Bertz CT molecular complexity index is 59.7. The lowest BCUT2D eigenvalue weighted by Crippen LogP contribution is -1.52. The summed E-state index contributed by atoms with van der Waals surface area (Å²) >= 11 is 5.13. The Kier molecular flexibility index (Phi) is 13.6. The van der Waals surface area contributed by atoms with Crippen LogP contribution in [0.25, 0.3) is 0 Å². The van der Waals surface area contributed by atoms with Gasteiger partial charge >= 0.3 is 0 Å². The van der Waals surface area contributed by atoms with Gasteiger partial charge in [-0.1, -0.05) is 5.92 Å². The molecule has 0 aromatic rings. The smallest absolute Gasteiger partial charge is 0.0835 e. The molecule has 0 saturated heterocycles. The van der Waals surface area contributed by atoms with Gasteiger partial charge in [-0.2, -0.15) is 0 Å². The van der Waals surface area contributed by atoms with Crippen LogP contribution in [0.4, 0.5) is 0 Å². The van der Waals surface area contributed by atoms with Crippen molar-refractivity contribution in [3.05, 3.63) is 0 Å². The molecule has 0 aromatic carbocycles. The molecule has 2 heteroatoms. The molecule has 36 valence electrons. The highest BCUT2D eigenvalue weighted by Crippen LogP contribution is 1.64. The molecule has 0 heterocycles. The predicted octanol–water partition coefficient (Wildman–Crippen LogP) is 0.424. The first kappa shape index (κ1) is 9.26. The molecule has 0 aliphatic heterocycles. The highest BCUT2D eigenvalue weighted by atomic mass is 35.5. The van der Waals surface area contributed by atoms with Gasteiger partial charge in [0.25, 0.3) is 0 Å². The van der Waals surface area contributed by atoms with Gasteiger partial charge in [-0.25, -0.2) is 0 Å². The number of halogens is 1. The molecule has 6 heavy (non-hydrogen) atoms. The van der Waals surface area contributed by atoms with Gasteiger partial charge in [0.1, 0.15) is 0 Å². The zero-order valence-corrected chi connectivity index (χ0v) is 4.34. The number of hydrogen-bond acceptors (Lipinski definition) is 0. The second-order valence-corrected chi connectivity index (χ2v) is 0.828. The van der Waals surface area contributed by atoms with E-state index in [1.807, 2.05) is 0 Å². The molecule has 0 aliphatic carbocycles. The Morgan fingerprint density at radius 1 is 1.67 bits per heavy atom. The van der Waals surface area contributed by atoms with E-state index >= 15 is 0 Å². The summed E-state index contributed by atoms with van der Waals surface area (Å²) in [5.74, 6) is 5.72. The van der Waals surface area contributed by atoms with Crippen LogP contribution in [-0.4, -0.2) is 11.4 Å². The fourth-order valence-corrected chi connectivity index (χ4v) is 0.200. The minimum Gasteiger partial charge on any atom is -0.412 e. The van der Waals surface area contributed by atoms with Crippen molar-refractivity contribution in [3.63, 3.8) is 0 Å². The van der Waals surface area contributed by atoms with Crippen LogP contribution < -0.4 is 0 Å². The van der Waals surface area contributed by atoms with E-state index in [0.717, 1.165) is 0 Å². The maximum absolute atomic E-state index is 5.13. The van der Waals surface area contributed by atoms with Crippen LogP contribution in [0.5, 0.6) is 0 Å². The quantitative estimate of drug-likeness (QED) is 0.317. The summed E-state index contributed by atoms with van der Waals surface area (Å²) in [5.41, 5.74) is 0. The van der Waals surface area contributed by atoms with Crippen LogP contribution in [-0.2, 0) is 0 Å². The summed E-state index contributed by atoms with van der Waals surface area (Å²) in [6.07, 6.45) is 0. The van der Waals surface area contributed by atoms with Crippen molar-refractivity contribution in [1.82, 2.24) is 0 Å². The first-order chi connectivity index (χ1) is 2.41. The van der Waals surface area contributed by atoms with Gasteiger partial charge in [-0.3, -0.25) is 0 Å². The standard InChI is InChI=1S/C4H5Cl.H2O/c1-2-3-4-5;/h4H2,1H3;1H2. The minimum atomic E-state index is 0. The van der Waals surface area contributed by atoms with Crippen molar-refractivity contribution >= 4 is 11.6 Å². The van der Waals surface area contributed by atoms with Crippen molar-refractivity contribution in [3.8, 4) is 11.8 Å². The van der Waals surface area contributed by atoms with Crippen LogP contribution >= 0.6 is 11.6 Å². The summed E-state index contributed by atoms with van der Waals surface area (Å²) in [6, 6.07) is 0. The van der Waals surface area contributed by atoms with E-state index in [-0.39, 0.29) is 5.48 Å². The first-order valence-corrected chi connectivity index (χ1v) is 1.91. The lowest BCUT2D eigenvalue weighted by atomic mass is 10.7. The molecule has 0 saturated carbocycles. The Morgan fingerprint density at radius 2 is 2.17 bits per heavy atom. The highest BCUT2D eigenvalue weighted by molar-refractivity contribution is 6.19. The molecule has 0 aromatic heterocycles. The molecule has 0 bridgehead atoms. The van der Waals surface area contributed by atoms with E-state index in [1.54, 1.807) is 6.92 Å². The van der Waals surface area contributed by atoms with E-state index in [1.165, 1.54) is 0 Å². The molecule has 0 atom stereocenters. The third-order valence-electron chi connectivity index (χ3n) is 0.244. The Labute approximate surface area is 42.6 Å². The highest BCUT2D eigenvalue weighted by Gasteiger charge is 1.51. The molecule has 0 unspecified atom stereocenters. The minimum absolute atomic E-state index is 0. The second kappa shape index (κ2) is 8.84. The largest absolute Gasteiger partial charge is 0.412 e. The van der Waals surface area contributed by atoms with Gasteiger partial charge in [-0.05, 0) is 6.92 Å². The van der Waals surface area contributed by atoms with E-state index in [4.69, 9.17) is 11.6 Å². The van der Waals surface area contributed by atoms with Gasteiger partial charge < -0.3 is 5.48 Å². The maximum atomic E-state index is 5.13. The molecular weight excluding hydrogens is 99.5 g/mol. The Balaban J connectivity index is 0.